The molecule has 2 bridgehead atoms. The topological polar surface area (TPSA) is 24.1 Å². The van der Waals surface area contributed by atoms with E-state index in [9.17, 15) is 26.3 Å². The van der Waals surface area contributed by atoms with E-state index in [-0.39, 0.29) is 59.9 Å². The zero-order chi connectivity index (χ0) is 24.5. The fourth-order valence-electron chi connectivity index (χ4n) is 5.70. The lowest BCUT2D eigenvalue weighted by Gasteiger charge is -2.54. The highest BCUT2D eigenvalue weighted by Gasteiger charge is 2.48. The molecular weight excluding hydrogens is 525 g/mol. The number of fused-ring (bicyclic) bond motifs is 3. The SMILES string of the molecule is Cl.Cl.FC(F)(F)c1ccccc1CNCC12CCC(CNCc3ccccc3C(F)(F)F)(CC1)CC2. The molecule has 0 amide bonds. The Morgan fingerprint density at radius 2 is 0.861 bits per heavy atom. The molecule has 0 atom stereocenters. The van der Waals surface area contributed by atoms with Crippen LogP contribution in [0, 0.1) is 10.8 Å². The van der Waals surface area contributed by atoms with Crippen LogP contribution in [-0.4, -0.2) is 13.1 Å². The second-order valence-corrected chi connectivity index (χ2v) is 10.0. The molecule has 0 spiro atoms. The standard InChI is InChI=1S/C26H30F6N2.2ClH/c27-25(28,29)21-7-3-1-5-19(21)15-33-17-23-9-12-24(13-10-23,14-11-23)18-34-16-20-6-2-4-8-22(20)26(30,31)32;;/h1-8,33-34H,9-18H2;2*1H. The van der Waals surface area contributed by atoms with Crippen LogP contribution in [0.1, 0.15) is 60.8 Å². The monoisotopic (exact) mass is 556 g/mol. The number of hydrogen-bond donors (Lipinski definition) is 2. The van der Waals surface area contributed by atoms with Crippen LogP contribution >= 0.6 is 24.8 Å². The zero-order valence-corrected chi connectivity index (χ0v) is 21.4. The quantitative estimate of drug-likeness (QED) is 0.324. The largest absolute Gasteiger partial charge is 0.416 e. The Kier molecular flexibility index (Phi) is 10.2. The van der Waals surface area contributed by atoms with Crippen molar-refractivity contribution < 1.29 is 26.3 Å². The molecule has 2 nitrogen and oxygen atoms in total. The second kappa shape index (κ2) is 11.9. The molecule has 202 valence electrons. The molecule has 0 aromatic heterocycles. The molecule has 0 saturated heterocycles. The van der Waals surface area contributed by atoms with Crippen LogP contribution in [0.4, 0.5) is 26.3 Å². The van der Waals surface area contributed by atoms with E-state index in [2.05, 4.69) is 10.6 Å². The van der Waals surface area contributed by atoms with Gasteiger partial charge in [-0.2, -0.15) is 26.3 Å². The molecule has 3 aliphatic rings. The first-order valence-corrected chi connectivity index (χ1v) is 11.7. The van der Waals surface area contributed by atoms with Crippen LogP contribution < -0.4 is 10.6 Å². The molecule has 10 heteroatoms. The maximum Gasteiger partial charge on any atom is 0.416 e. The van der Waals surface area contributed by atoms with Crippen molar-refractivity contribution in [1.29, 1.82) is 0 Å². The van der Waals surface area contributed by atoms with Crippen molar-refractivity contribution in [2.24, 2.45) is 10.8 Å². The summed E-state index contributed by atoms with van der Waals surface area (Å²) in [6, 6.07) is 11.3. The molecule has 0 unspecified atom stereocenters. The summed E-state index contributed by atoms with van der Waals surface area (Å²) in [4.78, 5) is 0. The van der Waals surface area contributed by atoms with Crippen molar-refractivity contribution >= 4 is 24.8 Å². The molecular formula is C26H32Cl2F6N2. The van der Waals surface area contributed by atoms with Crippen LogP contribution in [0.15, 0.2) is 48.5 Å². The van der Waals surface area contributed by atoms with Gasteiger partial charge in [0.25, 0.3) is 0 Å². The number of hydrogen-bond acceptors (Lipinski definition) is 2. The van der Waals surface area contributed by atoms with Gasteiger partial charge >= 0.3 is 12.4 Å². The van der Waals surface area contributed by atoms with Gasteiger partial charge in [0.05, 0.1) is 11.1 Å². The lowest BCUT2D eigenvalue weighted by Crippen LogP contribution is -2.49. The van der Waals surface area contributed by atoms with Crippen molar-refractivity contribution in [2.45, 2.75) is 64.0 Å². The summed E-state index contributed by atoms with van der Waals surface area (Å²) in [7, 11) is 0. The number of halogens is 8. The summed E-state index contributed by atoms with van der Waals surface area (Å²) in [6.07, 6.45) is -2.80. The maximum atomic E-state index is 13.2. The van der Waals surface area contributed by atoms with Gasteiger partial charge < -0.3 is 10.6 Å². The third-order valence-electron chi connectivity index (χ3n) is 7.83. The van der Waals surface area contributed by atoms with Crippen LogP contribution in [-0.2, 0) is 25.4 Å². The Labute approximate surface area is 220 Å². The van der Waals surface area contributed by atoms with E-state index < -0.39 is 23.5 Å². The summed E-state index contributed by atoms with van der Waals surface area (Å²) in [5.41, 5.74) is -0.476. The van der Waals surface area contributed by atoms with Crippen LogP contribution in [0.5, 0.6) is 0 Å². The molecule has 5 rings (SSSR count). The average Bonchev–Trinajstić information content (AvgIpc) is 2.80. The number of rotatable bonds is 8. The highest BCUT2D eigenvalue weighted by atomic mass is 35.5. The van der Waals surface area contributed by atoms with Gasteiger partial charge in [-0.25, -0.2) is 0 Å². The number of alkyl halides is 6. The third-order valence-corrected chi connectivity index (χ3v) is 7.83. The van der Waals surface area contributed by atoms with E-state index in [1.165, 1.54) is 24.3 Å². The van der Waals surface area contributed by atoms with Gasteiger partial charge in [0.15, 0.2) is 0 Å². The van der Waals surface area contributed by atoms with E-state index >= 15 is 0 Å². The first kappa shape index (κ1) is 30.7. The molecule has 3 fully saturated rings. The van der Waals surface area contributed by atoms with Gasteiger partial charge in [-0.3, -0.25) is 0 Å². The molecule has 36 heavy (non-hydrogen) atoms. The molecule has 2 N–H and O–H groups in total. The highest BCUT2D eigenvalue weighted by Crippen LogP contribution is 2.56. The molecule has 3 saturated carbocycles. The lowest BCUT2D eigenvalue weighted by molar-refractivity contribution is -0.139. The fourth-order valence-corrected chi connectivity index (χ4v) is 5.70. The lowest BCUT2D eigenvalue weighted by atomic mass is 9.53. The Morgan fingerprint density at radius 1 is 0.556 bits per heavy atom. The first-order valence-electron chi connectivity index (χ1n) is 11.7. The molecule has 0 heterocycles. The predicted octanol–water partition coefficient (Wildman–Crippen LogP) is 7.79. The van der Waals surface area contributed by atoms with Crippen molar-refractivity contribution in [3.63, 3.8) is 0 Å². The zero-order valence-electron chi connectivity index (χ0n) is 19.8. The van der Waals surface area contributed by atoms with E-state index in [1.54, 1.807) is 12.1 Å². The highest BCUT2D eigenvalue weighted by molar-refractivity contribution is 5.85. The Morgan fingerprint density at radius 3 is 1.17 bits per heavy atom. The first-order chi connectivity index (χ1) is 16.0. The third kappa shape index (κ3) is 7.09. The summed E-state index contributed by atoms with van der Waals surface area (Å²) in [6.45, 7) is 1.73. The van der Waals surface area contributed by atoms with Gasteiger partial charge in [-0.05, 0) is 72.6 Å². The van der Waals surface area contributed by atoms with Crippen LogP contribution in [0.3, 0.4) is 0 Å². The average molecular weight is 557 g/mol. The van der Waals surface area contributed by atoms with E-state index in [1.807, 2.05) is 0 Å². The van der Waals surface area contributed by atoms with E-state index in [0.717, 1.165) is 50.7 Å². The molecule has 0 aliphatic heterocycles. The molecule has 0 radical (unpaired) electrons. The number of nitrogens with one attached hydrogen (secondary N) is 2. The number of benzene rings is 2. The van der Waals surface area contributed by atoms with Gasteiger partial charge in [0, 0.05) is 26.2 Å². The molecule has 2 aromatic carbocycles. The fraction of sp³-hybridized carbons (Fsp3) is 0.538. The van der Waals surface area contributed by atoms with Gasteiger partial charge in [0.2, 0.25) is 0 Å². The predicted molar refractivity (Wildman–Crippen MR) is 133 cm³/mol. The molecule has 3 aliphatic carbocycles. The van der Waals surface area contributed by atoms with E-state index in [4.69, 9.17) is 0 Å². The van der Waals surface area contributed by atoms with Gasteiger partial charge in [-0.1, -0.05) is 36.4 Å². The maximum absolute atomic E-state index is 13.2. The van der Waals surface area contributed by atoms with E-state index in [0.29, 0.717) is 13.1 Å². The minimum absolute atomic E-state index is 0. The summed E-state index contributed by atoms with van der Waals surface area (Å²) >= 11 is 0. The van der Waals surface area contributed by atoms with Crippen molar-refractivity contribution in [3.05, 3.63) is 70.8 Å². The second-order valence-electron chi connectivity index (χ2n) is 10.0. The summed E-state index contributed by atoms with van der Waals surface area (Å²) < 4.78 is 79.3. The van der Waals surface area contributed by atoms with Crippen LogP contribution in [0.2, 0.25) is 0 Å². The minimum Gasteiger partial charge on any atom is -0.312 e. The van der Waals surface area contributed by atoms with Crippen LogP contribution in [0.25, 0.3) is 0 Å². The Balaban J connectivity index is 0.00000228. The van der Waals surface area contributed by atoms with Gasteiger partial charge in [-0.15, -0.1) is 24.8 Å². The minimum atomic E-state index is -4.36. The van der Waals surface area contributed by atoms with Gasteiger partial charge in [0.1, 0.15) is 0 Å². The molecule has 2 aromatic rings. The Hall–Kier alpha value is -1.48. The Bertz CT molecular complexity index is 889. The smallest absolute Gasteiger partial charge is 0.312 e. The van der Waals surface area contributed by atoms with Crippen molar-refractivity contribution in [3.8, 4) is 0 Å². The summed E-state index contributed by atoms with van der Waals surface area (Å²) in [5, 5.41) is 6.55. The van der Waals surface area contributed by atoms with Crippen molar-refractivity contribution in [1.82, 2.24) is 10.6 Å². The normalized spacial score (nSPS) is 23.6. The van der Waals surface area contributed by atoms with Crippen molar-refractivity contribution in [2.75, 3.05) is 13.1 Å². The summed E-state index contributed by atoms with van der Waals surface area (Å²) in [5.74, 6) is 0.